The topological polar surface area (TPSA) is 84.5 Å². The van der Waals surface area contributed by atoms with Gasteiger partial charge in [0.25, 0.3) is 11.8 Å². The van der Waals surface area contributed by atoms with Crippen LogP contribution in [0.1, 0.15) is 15.9 Å². The van der Waals surface area contributed by atoms with E-state index in [2.05, 4.69) is 10.6 Å². The minimum Gasteiger partial charge on any atom is -0.452 e. The van der Waals surface area contributed by atoms with Crippen LogP contribution in [0.2, 0.25) is 0 Å². The Morgan fingerprint density at radius 3 is 2.39 bits per heavy atom. The highest BCUT2D eigenvalue weighted by atomic mass is 19.1. The molecule has 0 atom stereocenters. The zero-order valence-corrected chi connectivity index (χ0v) is 16.4. The van der Waals surface area contributed by atoms with Crippen LogP contribution in [0.3, 0.4) is 0 Å². The van der Waals surface area contributed by atoms with Crippen molar-refractivity contribution >= 4 is 35.2 Å². The van der Waals surface area contributed by atoms with Crippen LogP contribution in [0.25, 0.3) is 6.08 Å². The van der Waals surface area contributed by atoms with E-state index in [-0.39, 0.29) is 11.3 Å². The fraction of sp³-hybridized carbons (Fsp3) is 0.0417. The van der Waals surface area contributed by atoms with Gasteiger partial charge in [-0.3, -0.25) is 9.59 Å². The number of nitrogens with one attached hydrogen (secondary N) is 2. The molecule has 156 valence electrons. The molecule has 2 amide bonds. The molecule has 0 bridgehead atoms. The van der Waals surface area contributed by atoms with Crippen molar-refractivity contribution in [1.29, 1.82) is 0 Å². The number of halogens is 1. The van der Waals surface area contributed by atoms with E-state index in [4.69, 9.17) is 4.74 Å². The maximum absolute atomic E-state index is 13.1. The van der Waals surface area contributed by atoms with Crippen LogP contribution >= 0.6 is 0 Å². The Morgan fingerprint density at radius 1 is 0.871 bits per heavy atom. The zero-order valence-electron chi connectivity index (χ0n) is 16.4. The van der Waals surface area contributed by atoms with E-state index in [9.17, 15) is 18.8 Å². The maximum atomic E-state index is 13.1. The number of carbonyl (C=O) groups is 3. The second-order valence-corrected chi connectivity index (χ2v) is 6.41. The first-order valence-electron chi connectivity index (χ1n) is 9.37. The molecule has 0 saturated heterocycles. The highest BCUT2D eigenvalue weighted by Gasteiger charge is 2.14. The lowest BCUT2D eigenvalue weighted by Gasteiger charge is -2.11. The summed E-state index contributed by atoms with van der Waals surface area (Å²) in [5, 5.41) is 5.31. The Hall–Kier alpha value is -4.26. The third-order valence-corrected chi connectivity index (χ3v) is 4.08. The summed E-state index contributed by atoms with van der Waals surface area (Å²) in [7, 11) is 0. The van der Waals surface area contributed by atoms with Gasteiger partial charge in [-0.2, -0.15) is 0 Å². The van der Waals surface area contributed by atoms with Crippen LogP contribution in [0, 0.1) is 5.82 Å². The second kappa shape index (κ2) is 10.5. The summed E-state index contributed by atoms with van der Waals surface area (Å²) in [4.78, 5) is 36.5. The molecule has 6 nitrogen and oxygen atoms in total. The van der Waals surface area contributed by atoms with E-state index >= 15 is 0 Å². The van der Waals surface area contributed by atoms with E-state index in [1.54, 1.807) is 54.6 Å². The van der Waals surface area contributed by atoms with Gasteiger partial charge < -0.3 is 15.4 Å². The Morgan fingerprint density at radius 2 is 1.61 bits per heavy atom. The van der Waals surface area contributed by atoms with Gasteiger partial charge >= 0.3 is 5.97 Å². The molecule has 0 aliphatic rings. The molecule has 3 rings (SSSR count). The predicted molar refractivity (Wildman–Crippen MR) is 116 cm³/mol. The molecule has 0 saturated carbocycles. The van der Waals surface area contributed by atoms with Gasteiger partial charge in [0.15, 0.2) is 6.61 Å². The van der Waals surface area contributed by atoms with Gasteiger partial charge in [0.05, 0.1) is 11.3 Å². The number of hydrogen-bond donors (Lipinski definition) is 2. The van der Waals surface area contributed by atoms with E-state index in [1.807, 2.05) is 6.07 Å². The SMILES string of the molecule is O=C(COC(=O)/C=C/c1cccc(F)c1)Nc1ccccc1C(=O)Nc1ccccc1. The lowest BCUT2D eigenvalue weighted by atomic mass is 10.1. The van der Waals surface area contributed by atoms with Gasteiger partial charge in [-0.05, 0) is 48.0 Å². The van der Waals surface area contributed by atoms with E-state index in [0.29, 0.717) is 11.3 Å². The molecule has 3 aromatic carbocycles. The van der Waals surface area contributed by atoms with Crippen LogP contribution in [0.4, 0.5) is 15.8 Å². The van der Waals surface area contributed by atoms with E-state index < -0.39 is 30.2 Å². The van der Waals surface area contributed by atoms with Crippen LogP contribution in [-0.4, -0.2) is 24.4 Å². The normalized spacial score (nSPS) is 10.5. The van der Waals surface area contributed by atoms with Crippen molar-refractivity contribution in [3.8, 4) is 0 Å². The Kier molecular flexibility index (Phi) is 7.26. The summed E-state index contributed by atoms with van der Waals surface area (Å²) in [6, 6.07) is 21.1. The number of para-hydroxylation sites is 2. The summed E-state index contributed by atoms with van der Waals surface area (Å²) in [5.41, 5.74) is 1.65. The molecule has 0 heterocycles. The molecule has 0 aromatic heterocycles. The molecular formula is C24H19FN2O4. The molecular weight excluding hydrogens is 399 g/mol. The lowest BCUT2D eigenvalue weighted by molar-refractivity contribution is -0.142. The average Bonchev–Trinajstić information content (AvgIpc) is 2.77. The summed E-state index contributed by atoms with van der Waals surface area (Å²) in [6.45, 7) is -0.541. The van der Waals surface area contributed by atoms with Gasteiger partial charge in [-0.15, -0.1) is 0 Å². The molecule has 0 radical (unpaired) electrons. The quantitative estimate of drug-likeness (QED) is 0.443. The molecule has 2 N–H and O–H groups in total. The van der Waals surface area contributed by atoms with Crippen molar-refractivity contribution in [1.82, 2.24) is 0 Å². The van der Waals surface area contributed by atoms with Crippen LogP contribution < -0.4 is 10.6 Å². The zero-order chi connectivity index (χ0) is 22.1. The molecule has 31 heavy (non-hydrogen) atoms. The molecule has 0 aliphatic carbocycles. The number of ether oxygens (including phenoxy) is 1. The molecule has 0 aliphatic heterocycles. The number of rotatable bonds is 7. The third kappa shape index (κ3) is 6.64. The second-order valence-electron chi connectivity index (χ2n) is 6.41. The van der Waals surface area contributed by atoms with E-state index in [1.165, 1.54) is 24.3 Å². The highest BCUT2D eigenvalue weighted by Crippen LogP contribution is 2.17. The highest BCUT2D eigenvalue weighted by molar-refractivity contribution is 6.10. The molecule has 0 spiro atoms. The Bertz CT molecular complexity index is 1110. The van der Waals surface area contributed by atoms with Crippen LogP contribution in [-0.2, 0) is 14.3 Å². The number of benzene rings is 3. The number of anilines is 2. The summed E-state index contributed by atoms with van der Waals surface area (Å²) in [6.07, 6.45) is 2.48. The number of esters is 1. The molecule has 7 heteroatoms. The van der Waals surface area contributed by atoms with Gasteiger partial charge in [0, 0.05) is 11.8 Å². The minimum atomic E-state index is -0.755. The van der Waals surface area contributed by atoms with Crippen molar-refractivity contribution < 1.29 is 23.5 Å². The smallest absolute Gasteiger partial charge is 0.331 e. The van der Waals surface area contributed by atoms with Crippen molar-refractivity contribution in [2.45, 2.75) is 0 Å². The fourth-order valence-electron chi connectivity index (χ4n) is 2.66. The third-order valence-electron chi connectivity index (χ3n) is 4.08. The minimum absolute atomic E-state index is 0.261. The van der Waals surface area contributed by atoms with Gasteiger partial charge in [-0.1, -0.05) is 42.5 Å². The standard InChI is InChI=1S/C24H19FN2O4/c25-18-8-6-7-17(15-18)13-14-23(29)31-16-22(28)27-21-12-5-4-11-20(21)24(30)26-19-9-2-1-3-10-19/h1-15H,16H2,(H,26,30)(H,27,28)/b14-13+. The van der Waals surface area contributed by atoms with Crippen molar-refractivity contribution in [2.24, 2.45) is 0 Å². The van der Waals surface area contributed by atoms with Gasteiger partial charge in [0.2, 0.25) is 0 Å². The first-order valence-corrected chi connectivity index (χ1v) is 9.37. The summed E-state index contributed by atoms with van der Waals surface area (Å²) >= 11 is 0. The van der Waals surface area contributed by atoms with Crippen LogP contribution in [0.15, 0.2) is 84.9 Å². The van der Waals surface area contributed by atoms with Gasteiger partial charge in [0.1, 0.15) is 5.82 Å². The largest absolute Gasteiger partial charge is 0.452 e. The molecule has 0 unspecified atom stereocenters. The Balaban J connectivity index is 1.56. The number of amides is 2. The maximum Gasteiger partial charge on any atom is 0.331 e. The summed E-state index contributed by atoms with van der Waals surface area (Å²) < 4.78 is 18.0. The van der Waals surface area contributed by atoms with E-state index in [0.717, 1.165) is 6.08 Å². The van der Waals surface area contributed by atoms with Crippen molar-refractivity contribution in [3.63, 3.8) is 0 Å². The monoisotopic (exact) mass is 418 g/mol. The molecule has 0 fully saturated rings. The predicted octanol–water partition coefficient (Wildman–Crippen LogP) is 4.27. The number of hydrogen-bond acceptors (Lipinski definition) is 4. The average molecular weight is 418 g/mol. The first kappa shape index (κ1) is 21.4. The summed E-state index contributed by atoms with van der Waals surface area (Å²) in [5.74, 6) is -2.18. The van der Waals surface area contributed by atoms with Crippen molar-refractivity contribution in [2.75, 3.05) is 17.2 Å². The van der Waals surface area contributed by atoms with Crippen LogP contribution in [0.5, 0.6) is 0 Å². The molecule has 3 aromatic rings. The van der Waals surface area contributed by atoms with Gasteiger partial charge in [-0.25, -0.2) is 9.18 Å². The first-order chi connectivity index (χ1) is 15.0. The fourth-order valence-corrected chi connectivity index (χ4v) is 2.66. The Labute approximate surface area is 178 Å². The van der Waals surface area contributed by atoms with Crippen molar-refractivity contribution in [3.05, 3.63) is 102 Å². The lowest BCUT2D eigenvalue weighted by Crippen LogP contribution is -2.22. The number of carbonyl (C=O) groups excluding carboxylic acids is 3.